The number of carbonyl (C=O) groups is 1. The van der Waals surface area contributed by atoms with Crippen molar-refractivity contribution in [1.29, 1.82) is 0 Å². The first kappa shape index (κ1) is 11.2. The molecule has 1 rings (SSSR count). The average molecular weight is 223 g/mol. The summed E-state index contributed by atoms with van der Waals surface area (Å²) in [4.78, 5) is 10.7. The van der Waals surface area contributed by atoms with Crippen LogP contribution in [0.3, 0.4) is 0 Å². The van der Waals surface area contributed by atoms with Crippen molar-refractivity contribution in [1.82, 2.24) is 9.03 Å². The zero-order valence-corrected chi connectivity index (χ0v) is 8.58. The Morgan fingerprint density at radius 3 is 2.71 bits per heavy atom. The van der Waals surface area contributed by atoms with Gasteiger partial charge in [0.1, 0.15) is 0 Å². The van der Waals surface area contributed by atoms with Gasteiger partial charge in [-0.3, -0.25) is 0 Å². The molecule has 0 aliphatic carbocycles. The van der Waals surface area contributed by atoms with Crippen molar-refractivity contribution < 1.29 is 17.9 Å². The first-order valence-corrected chi connectivity index (χ1v) is 5.51. The highest BCUT2D eigenvalue weighted by molar-refractivity contribution is 7.87. The molecular weight excluding hydrogens is 210 g/mol. The summed E-state index contributed by atoms with van der Waals surface area (Å²) in [6.45, 7) is 0.555. The Bertz CT molecular complexity index is 315. The van der Waals surface area contributed by atoms with E-state index >= 15 is 0 Å². The number of ether oxygens (including phenoxy) is 1. The van der Waals surface area contributed by atoms with Gasteiger partial charge in [-0.15, -0.1) is 0 Å². The highest BCUT2D eigenvalue weighted by atomic mass is 32.2. The first-order valence-electron chi connectivity index (χ1n) is 4.07. The number of nitrogens with one attached hydrogen (secondary N) is 1. The fourth-order valence-corrected chi connectivity index (χ4v) is 2.34. The summed E-state index contributed by atoms with van der Waals surface area (Å²) in [7, 11) is -2.68. The maximum atomic E-state index is 11.4. The van der Waals surface area contributed by atoms with Gasteiger partial charge in [-0.2, -0.15) is 12.7 Å². The Labute approximate surface area is 82.4 Å². The van der Waals surface area contributed by atoms with E-state index in [2.05, 4.69) is 4.74 Å². The van der Waals surface area contributed by atoms with Gasteiger partial charge < -0.3 is 10.5 Å². The molecule has 1 atom stereocenters. The number of nitrogens with two attached hydrogens (primary N) is 1. The summed E-state index contributed by atoms with van der Waals surface area (Å²) in [6, 6.07) is -0.163. The second kappa shape index (κ2) is 4.11. The van der Waals surface area contributed by atoms with Gasteiger partial charge in [0.25, 0.3) is 0 Å². The van der Waals surface area contributed by atoms with E-state index < -0.39 is 16.3 Å². The van der Waals surface area contributed by atoms with Crippen molar-refractivity contribution in [3.8, 4) is 0 Å². The molecule has 0 unspecified atom stereocenters. The summed E-state index contributed by atoms with van der Waals surface area (Å²) in [5, 5.41) is 0. The van der Waals surface area contributed by atoms with E-state index in [9.17, 15) is 13.2 Å². The minimum Gasteiger partial charge on any atom is -0.452 e. The normalized spacial score (nSPS) is 23.4. The number of hydrogen-bond donors (Lipinski definition) is 2. The van der Waals surface area contributed by atoms with Crippen molar-refractivity contribution in [2.45, 2.75) is 12.5 Å². The molecule has 0 spiro atoms. The Balaban J connectivity index is 2.62. The third-order valence-corrected chi connectivity index (χ3v) is 3.36. The molecule has 1 heterocycles. The van der Waals surface area contributed by atoms with Crippen LogP contribution in [0.1, 0.15) is 6.42 Å². The van der Waals surface area contributed by atoms with Crippen LogP contribution in [-0.2, 0) is 14.9 Å². The number of methoxy groups -OCH3 is 1. The quantitative estimate of drug-likeness (QED) is 0.600. The predicted octanol–water partition coefficient (Wildman–Crippen LogP) is -1.38. The smallest absolute Gasteiger partial charge is 0.421 e. The molecular formula is C6H13N3O4S. The van der Waals surface area contributed by atoms with Gasteiger partial charge >= 0.3 is 16.3 Å². The van der Waals surface area contributed by atoms with Crippen molar-refractivity contribution in [2.75, 3.05) is 20.2 Å². The van der Waals surface area contributed by atoms with Crippen LogP contribution in [0.4, 0.5) is 4.79 Å². The van der Waals surface area contributed by atoms with Crippen LogP contribution in [0.15, 0.2) is 0 Å². The van der Waals surface area contributed by atoms with E-state index in [0.717, 1.165) is 11.4 Å². The zero-order valence-electron chi connectivity index (χ0n) is 7.76. The third kappa shape index (κ3) is 2.56. The molecule has 0 aromatic heterocycles. The topological polar surface area (TPSA) is 102 Å². The SMILES string of the molecule is COC(=O)NS(=O)(=O)N1CC[C@@H](N)C1. The fraction of sp³-hybridized carbons (Fsp3) is 0.833. The van der Waals surface area contributed by atoms with Gasteiger partial charge in [-0.1, -0.05) is 0 Å². The molecule has 1 fully saturated rings. The van der Waals surface area contributed by atoms with Crippen LogP contribution in [0.25, 0.3) is 0 Å². The molecule has 14 heavy (non-hydrogen) atoms. The van der Waals surface area contributed by atoms with E-state index in [1.807, 2.05) is 0 Å². The molecule has 82 valence electrons. The Morgan fingerprint density at radius 1 is 1.64 bits per heavy atom. The van der Waals surface area contributed by atoms with Gasteiger partial charge in [0.2, 0.25) is 0 Å². The van der Waals surface area contributed by atoms with Gasteiger partial charge in [-0.05, 0) is 6.42 Å². The maximum Gasteiger partial charge on any atom is 0.421 e. The molecule has 1 aliphatic heterocycles. The van der Waals surface area contributed by atoms with Crippen molar-refractivity contribution in [3.05, 3.63) is 0 Å². The number of amides is 1. The predicted molar refractivity (Wildman–Crippen MR) is 48.6 cm³/mol. The molecule has 3 N–H and O–H groups in total. The Hall–Kier alpha value is -0.860. The number of hydrogen-bond acceptors (Lipinski definition) is 5. The summed E-state index contributed by atoms with van der Waals surface area (Å²) in [5.41, 5.74) is 5.54. The Morgan fingerprint density at radius 2 is 2.29 bits per heavy atom. The highest BCUT2D eigenvalue weighted by Gasteiger charge is 2.30. The van der Waals surface area contributed by atoms with Crippen LogP contribution < -0.4 is 10.5 Å². The maximum absolute atomic E-state index is 11.4. The van der Waals surface area contributed by atoms with Crippen LogP contribution in [0.2, 0.25) is 0 Å². The lowest BCUT2D eigenvalue weighted by Gasteiger charge is -2.15. The molecule has 1 saturated heterocycles. The lowest BCUT2D eigenvalue weighted by atomic mass is 10.3. The summed E-state index contributed by atoms with van der Waals surface area (Å²) >= 11 is 0. The van der Waals surface area contributed by atoms with Crippen LogP contribution in [0, 0.1) is 0 Å². The van der Waals surface area contributed by atoms with Crippen LogP contribution in [0.5, 0.6) is 0 Å². The fourth-order valence-electron chi connectivity index (χ4n) is 1.18. The summed E-state index contributed by atoms with van der Waals surface area (Å²) in [5.74, 6) is 0. The van der Waals surface area contributed by atoms with Gasteiger partial charge in [-0.25, -0.2) is 9.52 Å². The first-order chi connectivity index (χ1) is 6.45. The standard InChI is InChI=1S/C6H13N3O4S/c1-13-6(10)8-14(11,12)9-3-2-5(7)4-9/h5H,2-4,7H2,1H3,(H,8,10)/t5-/m1/s1. The molecule has 0 radical (unpaired) electrons. The monoisotopic (exact) mass is 223 g/mol. The van der Waals surface area contributed by atoms with Crippen molar-refractivity contribution >= 4 is 16.3 Å². The third-order valence-electron chi connectivity index (χ3n) is 1.93. The van der Waals surface area contributed by atoms with Gasteiger partial charge in [0.05, 0.1) is 7.11 Å². The molecule has 0 bridgehead atoms. The largest absolute Gasteiger partial charge is 0.452 e. The minimum atomic E-state index is -3.78. The Kier molecular flexibility index (Phi) is 3.29. The molecule has 1 amide bonds. The van der Waals surface area contributed by atoms with E-state index in [1.165, 1.54) is 0 Å². The second-order valence-corrected chi connectivity index (χ2v) is 4.68. The van der Waals surface area contributed by atoms with Crippen molar-refractivity contribution in [3.63, 3.8) is 0 Å². The zero-order chi connectivity index (χ0) is 10.8. The van der Waals surface area contributed by atoms with Gasteiger partial charge in [0, 0.05) is 19.1 Å². The molecule has 0 aromatic rings. The molecule has 7 nitrogen and oxygen atoms in total. The second-order valence-electron chi connectivity index (χ2n) is 3.01. The number of rotatable bonds is 2. The average Bonchev–Trinajstić information content (AvgIpc) is 2.51. The number of carbonyl (C=O) groups excluding carboxylic acids is 1. The van der Waals surface area contributed by atoms with Crippen LogP contribution >= 0.6 is 0 Å². The summed E-state index contributed by atoms with van der Waals surface area (Å²) in [6.07, 6.45) is -0.396. The highest BCUT2D eigenvalue weighted by Crippen LogP contribution is 2.10. The van der Waals surface area contributed by atoms with E-state index in [4.69, 9.17) is 5.73 Å². The molecule has 1 aliphatic rings. The molecule has 0 aromatic carbocycles. The van der Waals surface area contributed by atoms with E-state index in [0.29, 0.717) is 13.0 Å². The lowest BCUT2D eigenvalue weighted by Crippen LogP contribution is -2.43. The van der Waals surface area contributed by atoms with Crippen LogP contribution in [-0.4, -0.2) is 45.1 Å². The molecule has 8 heteroatoms. The van der Waals surface area contributed by atoms with E-state index in [-0.39, 0.29) is 12.6 Å². The molecule has 0 saturated carbocycles. The lowest BCUT2D eigenvalue weighted by molar-refractivity contribution is 0.177. The number of nitrogens with zero attached hydrogens (tertiary/aromatic N) is 1. The van der Waals surface area contributed by atoms with Crippen molar-refractivity contribution in [2.24, 2.45) is 5.73 Å². The van der Waals surface area contributed by atoms with Gasteiger partial charge in [0.15, 0.2) is 0 Å². The summed E-state index contributed by atoms with van der Waals surface area (Å²) < 4.78 is 29.9. The minimum absolute atomic E-state index is 0.163. The van der Waals surface area contributed by atoms with E-state index in [1.54, 1.807) is 4.72 Å².